The maximum absolute atomic E-state index is 12.9. The summed E-state index contributed by atoms with van der Waals surface area (Å²) in [5, 5.41) is 9.74. The van der Waals surface area contributed by atoms with Crippen molar-refractivity contribution >= 4 is 22.9 Å². The largest absolute Gasteiger partial charge is 0.380 e. The van der Waals surface area contributed by atoms with Crippen molar-refractivity contribution in [3.05, 3.63) is 70.2 Å². The van der Waals surface area contributed by atoms with Crippen molar-refractivity contribution in [2.24, 2.45) is 0 Å². The Hall–Kier alpha value is -2.60. The number of hydrogen-bond acceptors (Lipinski definition) is 4. The first-order valence-electron chi connectivity index (χ1n) is 8.86. The molecular formula is C20H24N4OS. The minimum Gasteiger partial charge on any atom is -0.380 e. The average molecular weight is 369 g/mol. The fourth-order valence-electron chi connectivity index (χ4n) is 2.76. The number of amides is 1. The van der Waals surface area contributed by atoms with Gasteiger partial charge in [0.2, 0.25) is 0 Å². The van der Waals surface area contributed by atoms with Crippen LogP contribution in [0.5, 0.6) is 0 Å². The number of aromatic nitrogens is 2. The van der Waals surface area contributed by atoms with E-state index in [-0.39, 0.29) is 5.91 Å². The van der Waals surface area contributed by atoms with E-state index >= 15 is 0 Å². The standard InChI is InChI=1S/C20H24N4OS/c1-3-23(14-16-12-22-24(4-2)15-16)20(25)17-7-5-8-18(11-17)21-13-19-9-6-10-26-19/h5-12,15,21H,3-4,13-14H2,1-2H3. The Balaban J connectivity index is 1.67. The van der Waals surface area contributed by atoms with E-state index in [0.29, 0.717) is 18.7 Å². The second kappa shape index (κ2) is 8.67. The molecule has 2 aromatic heterocycles. The molecule has 5 nitrogen and oxygen atoms in total. The van der Waals surface area contributed by atoms with E-state index in [2.05, 4.69) is 21.9 Å². The van der Waals surface area contributed by atoms with Gasteiger partial charge in [0, 0.05) is 54.1 Å². The van der Waals surface area contributed by atoms with Crippen molar-refractivity contribution in [3.8, 4) is 0 Å². The lowest BCUT2D eigenvalue weighted by Crippen LogP contribution is -2.30. The van der Waals surface area contributed by atoms with Gasteiger partial charge >= 0.3 is 0 Å². The van der Waals surface area contributed by atoms with Gasteiger partial charge in [-0.3, -0.25) is 9.48 Å². The summed E-state index contributed by atoms with van der Waals surface area (Å²) >= 11 is 1.72. The SMILES string of the molecule is CCN(Cc1cnn(CC)c1)C(=O)c1cccc(NCc2cccs2)c1. The minimum absolute atomic E-state index is 0.0384. The van der Waals surface area contributed by atoms with Crippen LogP contribution in [0, 0.1) is 0 Å². The summed E-state index contributed by atoms with van der Waals surface area (Å²) in [4.78, 5) is 16.0. The zero-order valence-electron chi connectivity index (χ0n) is 15.2. The summed E-state index contributed by atoms with van der Waals surface area (Å²) in [6.45, 7) is 6.88. The summed E-state index contributed by atoms with van der Waals surface area (Å²) in [6, 6.07) is 11.9. The molecule has 136 valence electrons. The molecule has 0 saturated carbocycles. The van der Waals surface area contributed by atoms with Gasteiger partial charge in [-0.1, -0.05) is 12.1 Å². The van der Waals surface area contributed by atoms with Gasteiger partial charge in [-0.15, -0.1) is 11.3 Å². The molecule has 1 N–H and O–H groups in total. The fraction of sp³-hybridized carbons (Fsp3) is 0.300. The molecule has 26 heavy (non-hydrogen) atoms. The number of hydrogen-bond donors (Lipinski definition) is 1. The molecule has 0 bridgehead atoms. The average Bonchev–Trinajstić information content (AvgIpc) is 3.35. The lowest BCUT2D eigenvalue weighted by Gasteiger charge is -2.20. The molecule has 0 fully saturated rings. The highest BCUT2D eigenvalue weighted by atomic mass is 32.1. The number of carbonyl (C=O) groups excluding carboxylic acids is 1. The normalized spacial score (nSPS) is 10.7. The number of carbonyl (C=O) groups is 1. The second-order valence-corrected chi connectivity index (χ2v) is 7.07. The molecule has 1 amide bonds. The second-order valence-electron chi connectivity index (χ2n) is 6.04. The smallest absolute Gasteiger partial charge is 0.254 e. The van der Waals surface area contributed by atoms with Crippen LogP contribution >= 0.6 is 11.3 Å². The molecule has 0 spiro atoms. The molecule has 0 aliphatic carbocycles. The van der Waals surface area contributed by atoms with E-state index in [1.165, 1.54) is 4.88 Å². The van der Waals surface area contributed by atoms with E-state index in [9.17, 15) is 4.79 Å². The van der Waals surface area contributed by atoms with Crippen LogP contribution in [-0.4, -0.2) is 27.1 Å². The zero-order chi connectivity index (χ0) is 18.4. The molecule has 0 aliphatic rings. The molecule has 2 heterocycles. The summed E-state index contributed by atoms with van der Waals surface area (Å²) in [5.74, 6) is 0.0384. The number of nitrogens with zero attached hydrogens (tertiary/aromatic N) is 3. The Labute approximate surface area is 158 Å². The van der Waals surface area contributed by atoms with Crippen molar-refractivity contribution in [2.75, 3.05) is 11.9 Å². The van der Waals surface area contributed by atoms with Crippen molar-refractivity contribution in [1.29, 1.82) is 0 Å². The molecule has 6 heteroatoms. The van der Waals surface area contributed by atoms with Crippen molar-refractivity contribution in [3.63, 3.8) is 0 Å². The molecule has 0 atom stereocenters. The highest BCUT2D eigenvalue weighted by molar-refractivity contribution is 7.09. The van der Waals surface area contributed by atoms with Gasteiger partial charge in [-0.05, 0) is 43.5 Å². The highest BCUT2D eigenvalue weighted by Crippen LogP contribution is 2.17. The summed E-state index contributed by atoms with van der Waals surface area (Å²) in [5.41, 5.74) is 2.71. The summed E-state index contributed by atoms with van der Waals surface area (Å²) < 4.78 is 1.88. The molecule has 0 aliphatic heterocycles. The molecule has 3 aromatic rings. The van der Waals surface area contributed by atoms with E-state index in [1.807, 2.05) is 66.2 Å². The van der Waals surface area contributed by atoms with Crippen molar-refractivity contribution < 1.29 is 4.79 Å². The lowest BCUT2D eigenvalue weighted by molar-refractivity contribution is 0.0752. The number of benzene rings is 1. The molecule has 0 radical (unpaired) electrons. The van der Waals surface area contributed by atoms with Crippen LogP contribution in [0.25, 0.3) is 0 Å². The lowest BCUT2D eigenvalue weighted by atomic mass is 10.1. The van der Waals surface area contributed by atoms with E-state index in [4.69, 9.17) is 0 Å². The number of nitrogens with one attached hydrogen (secondary N) is 1. The van der Waals surface area contributed by atoms with Gasteiger partial charge < -0.3 is 10.2 Å². The molecule has 3 rings (SSSR count). The fourth-order valence-corrected chi connectivity index (χ4v) is 3.40. The van der Waals surface area contributed by atoms with Crippen LogP contribution in [0.4, 0.5) is 5.69 Å². The zero-order valence-corrected chi connectivity index (χ0v) is 16.0. The van der Waals surface area contributed by atoms with Crippen LogP contribution in [0.1, 0.15) is 34.6 Å². The first kappa shape index (κ1) is 18.2. The Morgan fingerprint density at radius 2 is 2.15 bits per heavy atom. The molecule has 1 aromatic carbocycles. The molecular weight excluding hydrogens is 344 g/mol. The van der Waals surface area contributed by atoms with Gasteiger partial charge in [-0.2, -0.15) is 5.10 Å². The summed E-state index contributed by atoms with van der Waals surface area (Å²) in [7, 11) is 0. The van der Waals surface area contributed by atoms with Gasteiger partial charge in [-0.25, -0.2) is 0 Å². The highest BCUT2D eigenvalue weighted by Gasteiger charge is 2.15. The Morgan fingerprint density at radius 3 is 2.85 bits per heavy atom. The van der Waals surface area contributed by atoms with E-state index in [0.717, 1.165) is 24.3 Å². The van der Waals surface area contributed by atoms with Crippen LogP contribution < -0.4 is 5.32 Å². The maximum atomic E-state index is 12.9. The quantitative estimate of drug-likeness (QED) is 0.647. The van der Waals surface area contributed by atoms with Gasteiger partial charge in [0.25, 0.3) is 5.91 Å². The predicted octanol–water partition coefficient (Wildman–Crippen LogP) is 4.24. The topological polar surface area (TPSA) is 50.2 Å². The number of thiophene rings is 1. The van der Waals surface area contributed by atoms with E-state index in [1.54, 1.807) is 11.3 Å². The number of anilines is 1. The molecule has 0 unspecified atom stereocenters. The minimum atomic E-state index is 0.0384. The first-order valence-corrected chi connectivity index (χ1v) is 9.74. The Bertz CT molecular complexity index is 841. The van der Waals surface area contributed by atoms with Gasteiger partial charge in [0.05, 0.1) is 6.20 Å². The van der Waals surface area contributed by atoms with Crippen molar-refractivity contribution in [1.82, 2.24) is 14.7 Å². The summed E-state index contributed by atoms with van der Waals surface area (Å²) in [6.07, 6.45) is 3.83. The Morgan fingerprint density at radius 1 is 1.27 bits per heavy atom. The van der Waals surface area contributed by atoms with Crippen LogP contribution in [0.15, 0.2) is 54.2 Å². The van der Waals surface area contributed by atoms with Crippen LogP contribution in [0.2, 0.25) is 0 Å². The third-order valence-electron chi connectivity index (χ3n) is 4.21. The predicted molar refractivity (Wildman–Crippen MR) is 106 cm³/mol. The first-order chi connectivity index (χ1) is 12.7. The molecule has 0 saturated heterocycles. The van der Waals surface area contributed by atoms with Gasteiger partial charge in [0.1, 0.15) is 0 Å². The van der Waals surface area contributed by atoms with Crippen molar-refractivity contribution in [2.45, 2.75) is 33.5 Å². The van der Waals surface area contributed by atoms with E-state index < -0.39 is 0 Å². The van der Waals surface area contributed by atoms with Crippen LogP contribution in [-0.2, 0) is 19.6 Å². The Kier molecular flexibility index (Phi) is 6.07. The third kappa shape index (κ3) is 4.52. The van der Waals surface area contributed by atoms with Crippen LogP contribution in [0.3, 0.4) is 0 Å². The maximum Gasteiger partial charge on any atom is 0.254 e. The van der Waals surface area contributed by atoms with Gasteiger partial charge in [0.15, 0.2) is 0 Å². The monoisotopic (exact) mass is 368 g/mol. The third-order valence-corrected chi connectivity index (χ3v) is 5.09. The number of aryl methyl sites for hydroxylation is 1. The number of rotatable bonds is 8.